The number of rotatable bonds is 8. The Bertz CT molecular complexity index is 401. The van der Waals surface area contributed by atoms with Crippen LogP contribution in [0.2, 0.25) is 0 Å². The van der Waals surface area contributed by atoms with Gasteiger partial charge in [-0.25, -0.2) is 0 Å². The van der Waals surface area contributed by atoms with Gasteiger partial charge in [0, 0.05) is 6.04 Å². The lowest BCUT2D eigenvalue weighted by Gasteiger charge is -2.26. The van der Waals surface area contributed by atoms with Gasteiger partial charge in [0.05, 0.1) is 5.56 Å². The third-order valence-electron chi connectivity index (χ3n) is 3.97. The number of benzene rings is 1. The predicted octanol–water partition coefficient (Wildman–Crippen LogP) is 4.30. The van der Waals surface area contributed by atoms with Gasteiger partial charge in [0.15, 0.2) is 0 Å². The topological polar surface area (TPSA) is 38.0 Å². The van der Waals surface area contributed by atoms with Crippen molar-refractivity contribution >= 4 is 0 Å². The van der Waals surface area contributed by atoms with Crippen molar-refractivity contribution in [3.8, 4) is 0 Å². The van der Waals surface area contributed by atoms with E-state index in [4.69, 9.17) is 5.84 Å². The molecular weight excluding hydrogens is 277 g/mol. The van der Waals surface area contributed by atoms with Gasteiger partial charge in [0.25, 0.3) is 0 Å². The van der Waals surface area contributed by atoms with Crippen LogP contribution < -0.4 is 11.3 Å². The van der Waals surface area contributed by atoms with Crippen LogP contribution in [0.25, 0.3) is 0 Å². The summed E-state index contributed by atoms with van der Waals surface area (Å²) in [5, 5.41) is 0. The van der Waals surface area contributed by atoms with E-state index in [1.807, 2.05) is 0 Å². The number of nitrogens with two attached hydrogens (primary N) is 1. The highest BCUT2D eigenvalue weighted by molar-refractivity contribution is 5.25. The van der Waals surface area contributed by atoms with Gasteiger partial charge in [0.2, 0.25) is 0 Å². The van der Waals surface area contributed by atoms with Gasteiger partial charge in [0.1, 0.15) is 0 Å². The Balaban J connectivity index is 2.72. The van der Waals surface area contributed by atoms with Crippen LogP contribution in [0.15, 0.2) is 24.3 Å². The lowest BCUT2D eigenvalue weighted by atomic mass is 9.87. The second-order valence-electron chi connectivity index (χ2n) is 5.48. The summed E-state index contributed by atoms with van der Waals surface area (Å²) in [6.07, 6.45) is 0.740. The zero-order chi connectivity index (χ0) is 15.9. The first-order valence-electron chi connectivity index (χ1n) is 7.54. The molecule has 1 aromatic rings. The van der Waals surface area contributed by atoms with Crippen molar-refractivity contribution < 1.29 is 13.2 Å². The number of unbranched alkanes of at least 4 members (excludes halogenated alkanes) is 1. The molecule has 2 unspecified atom stereocenters. The van der Waals surface area contributed by atoms with E-state index in [0.717, 1.165) is 43.4 Å². The minimum absolute atomic E-state index is 0.0956. The minimum atomic E-state index is -4.28. The van der Waals surface area contributed by atoms with E-state index in [2.05, 4.69) is 19.3 Å². The molecule has 0 spiro atoms. The van der Waals surface area contributed by atoms with Crippen LogP contribution in [-0.2, 0) is 12.6 Å². The molecular formula is C16H25F3N2. The number of alkyl halides is 3. The summed E-state index contributed by atoms with van der Waals surface area (Å²) in [6.45, 7) is 4.27. The summed E-state index contributed by atoms with van der Waals surface area (Å²) in [5.41, 5.74) is 3.10. The Morgan fingerprint density at radius 2 is 1.76 bits per heavy atom. The average molecular weight is 302 g/mol. The fraction of sp³-hybridized carbons (Fsp3) is 0.625. The lowest BCUT2D eigenvalue weighted by molar-refractivity contribution is -0.137. The third kappa shape index (κ3) is 5.67. The summed E-state index contributed by atoms with van der Waals surface area (Å²) in [5.74, 6) is 6.08. The Labute approximate surface area is 124 Å². The van der Waals surface area contributed by atoms with E-state index in [9.17, 15) is 13.2 Å². The molecule has 120 valence electrons. The number of hydrogen-bond donors (Lipinski definition) is 2. The number of hydrazine groups is 1. The van der Waals surface area contributed by atoms with Crippen LogP contribution in [0.5, 0.6) is 0 Å². The molecule has 2 nitrogen and oxygen atoms in total. The molecule has 0 aromatic heterocycles. The van der Waals surface area contributed by atoms with Crippen LogP contribution in [-0.4, -0.2) is 6.04 Å². The molecule has 0 heterocycles. The summed E-state index contributed by atoms with van der Waals surface area (Å²) < 4.78 is 37.6. The molecule has 0 aliphatic rings. The van der Waals surface area contributed by atoms with Crippen molar-refractivity contribution in [2.24, 2.45) is 11.8 Å². The highest BCUT2D eigenvalue weighted by atomic mass is 19.4. The van der Waals surface area contributed by atoms with E-state index in [1.165, 1.54) is 0 Å². The second kappa shape index (κ2) is 8.39. The molecule has 0 radical (unpaired) electrons. The summed E-state index contributed by atoms with van der Waals surface area (Å²) in [4.78, 5) is 0. The quantitative estimate of drug-likeness (QED) is 0.555. The fourth-order valence-electron chi connectivity index (χ4n) is 2.60. The van der Waals surface area contributed by atoms with Gasteiger partial charge in [-0.05, 0) is 36.5 Å². The third-order valence-corrected chi connectivity index (χ3v) is 3.97. The van der Waals surface area contributed by atoms with Gasteiger partial charge in [-0.1, -0.05) is 45.2 Å². The minimum Gasteiger partial charge on any atom is -0.271 e. The van der Waals surface area contributed by atoms with Crippen LogP contribution in [0.3, 0.4) is 0 Å². The van der Waals surface area contributed by atoms with E-state index in [1.54, 1.807) is 12.1 Å². The predicted molar refractivity (Wildman–Crippen MR) is 79.6 cm³/mol. The summed E-state index contributed by atoms with van der Waals surface area (Å²) in [7, 11) is 0. The highest BCUT2D eigenvalue weighted by Gasteiger charge is 2.30. The molecule has 0 aliphatic heterocycles. The van der Waals surface area contributed by atoms with Crippen molar-refractivity contribution in [3.63, 3.8) is 0 Å². The maximum Gasteiger partial charge on any atom is 0.416 e. The van der Waals surface area contributed by atoms with Crippen molar-refractivity contribution in [2.45, 2.75) is 58.2 Å². The van der Waals surface area contributed by atoms with Gasteiger partial charge in [-0.3, -0.25) is 11.3 Å². The van der Waals surface area contributed by atoms with Crippen molar-refractivity contribution in [1.29, 1.82) is 0 Å². The molecule has 1 rings (SSSR count). The average Bonchev–Trinajstić information content (AvgIpc) is 2.46. The first kappa shape index (κ1) is 18.0. The van der Waals surface area contributed by atoms with Gasteiger partial charge in [-0.15, -0.1) is 0 Å². The zero-order valence-corrected chi connectivity index (χ0v) is 12.7. The maximum absolute atomic E-state index is 12.5. The van der Waals surface area contributed by atoms with Gasteiger partial charge < -0.3 is 0 Å². The molecule has 3 N–H and O–H groups in total. The molecule has 21 heavy (non-hydrogen) atoms. The Hall–Kier alpha value is -1.07. The fourth-order valence-corrected chi connectivity index (χ4v) is 2.60. The smallest absolute Gasteiger partial charge is 0.271 e. The maximum atomic E-state index is 12.5. The van der Waals surface area contributed by atoms with E-state index < -0.39 is 11.7 Å². The monoisotopic (exact) mass is 302 g/mol. The zero-order valence-electron chi connectivity index (χ0n) is 12.7. The lowest BCUT2D eigenvalue weighted by Crippen LogP contribution is -2.42. The molecule has 2 atom stereocenters. The molecule has 0 bridgehead atoms. The molecule has 0 fully saturated rings. The van der Waals surface area contributed by atoms with Crippen molar-refractivity contribution in [2.75, 3.05) is 0 Å². The molecule has 1 aromatic carbocycles. The van der Waals surface area contributed by atoms with E-state index >= 15 is 0 Å². The van der Waals surface area contributed by atoms with Crippen molar-refractivity contribution in [1.82, 2.24) is 5.43 Å². The van der Waals surface area contributed by atoms with E-state index in [0.29, 0.717) is 12.3 Å². The molecule has 0 amide bonds. The SMILES string of the molecule is CCCCC(CC)C(Cc1ccc(C(F)(F)F)cc1)NN. The number of hydrogen-bond acceptors (Lipinski definition) is 2. The Morgan fingerprint density at radius 3 is 2.19 bits per heavy atom. The highest BCUT2D eigenvalue weighted by Crippen LogP contribution is 2.29. The van der Waals surface area contributed by atoms with E-state index in [-0.39, 0.29) is 6.04 Å². The molecule has 5 heteroatoms. The normalized spacial score (nSPS) is 15.0. The van der Waals surface area contributed by atoms with Crippen LogP contribution >= 0.6 is 0 Å². The first-order valence-corrected chi connectivity index (χ1v) is 7.54. The standard InChI is InChI=1S/C16H25F3N2/c1-3-5-6-13(4-2)15(21-20)11-12-7-9-14(10-8-12)16(17,18)19/h7-10,13,15,21H,3-6,11,20H2,1-2H3. The van der Waals surface area contributed by atoms with Crippen molar-refractivity contribution in [3.05, 3.63) is 35.4 Å². The largest absolute Gasteiger partial charge is 0.416 e. The van der Waals surface area contributed by atoms with Gasteiger partial charge in [-0.2, -0.15) is 13.2 Å². The molecule has 0 saturated heterocycles. The van der Waals surface area contributed by atoms with Crippen LogP contribution in [0.4, 0.5) is 13.2 Å². The molecule has 0 saturated carbocycles. The first-order chi connectivity index (χ1) is 9.92. The summed E-state index contributed by atoms with van der Waals surface area (Å²) in [6, 6.07) is 5.45. The summed E-state index contributed by atoms with van der Waals surface area (Å²) >= 11 is 0. The number of nitrogens with one attached hydrogen (secondary N) is 1. The molecule has 0 aliphatic carbocycles. The van der Waals surface area contributed by atoms with Gasteiger partial charge >= 0.3 is 6.18 Å². The Morgan fingerprint density at radius 1 is 1.14 bits per heavy atom. The number of halogens is 3. The Kier molecular flexibility index (Phi) is 7.18. The van der Waals surface area contributed by atoms with Crippen LogP contribution in [0, 0.1) is 5.92 Å². The van der Waals surface area contributed by atoms with Crippen LogP contribution in [0.1, 0.15) is 50.7 Å². The second-order valence-corrected chi connectivity index (χ2v) is 5.48.